The maximum Gasteiger partial charge on any atom is 0.313 e. The first kappa shape index (κ1) is 9.24. The lowest BCUT2D eigenvalue weighted by atomic mass is 10.1. The SMILES string of the molecule is CC1CC(NC(N)=O)NCN1[O-]. The minimum Gasteiger partial charge on any atom is -0.784 e. The van der Waals surface area contributed by atoms with Crippen LogP contribution < -0.4 is 16.4 Å². The number of nitrogens with two attached hydrogens (primary N) is 1. The van der Waals surface area contributed by atoms with Gasteiger partial charge in [0, 0.05) is 6.67 Å². The molecular weight excluding hydrogens is 160 g/mol. The third-order valence-electron chi connectivity index (χ3n) is 1.88. The largest absolute Gasteiger partial charge is 0.784 e. The summed E-state index contributed by atoms with van der Waals surface area (Å²) in [7, 11) is 0. The van der Waals surface area contributed by atoms with E-state index in [1.165, 1.54) is 0 Å². The lowest BCUT2D eigenvalue weighted by Crippen LogP contribution is -2.57. The highest BCUT2D eigenvalue weighted by Crippen LogP contribution is 2.08. The molecule has 1 fully saturated rings. The van der Waals surface area contributed by atoms with Gasteiger partial charge in [0.25, 0.3) is 0 Å². The summed E-state index contributed by atoms with van der Waals surface area (Å²) in [4.78, 5) is 10.4. The van der Waals surface area contributed by atoms with Crippen molar-refractivity contribution in [3.8, 4) is 0 Å². The van der Waals surface area contributed by atoms with Gasteiger partial charge in [0.1, 0.15) is 0 Å². The molecule has 0 radical (unpaired) electrons. The molecule has 2 atom stereocenters. The Morgan fingerprint density at radius 1 is 1.83 bits per heavy atom. The van der Waals surface area contributed by atoms with Gasteiger partial charge in [-0.25, -0.2) is 4.79 Å². The zero-order valence-corrected chi connectivity index (χ0v) is 6.91. The van der Waals surface area contributed by atoms with E-state index < -0.39 is 6.03 Å². The van der Waals surface area contributed by atoms with Crippen molar-refractivity contribution in [1.29, 1.82) is 0 Å². The van der Waals surface area contributed by atoms with Crippen molar-refractivity contribution in [1.82, 2.24) is 15.7 Å². The van der Waals surface area contributed by atoms with Crippen LogP contribution in [0.15, 0.2) is 0 Å². The van der Waals surface area contributed by atoms with Gasteiger partial charge in [0.15, 0.2) is 0 Å². The fourth-order valence-corrected chi connectivity index (χ4v) is 1.18. The van der Waals surface area contributed by atoms with Crippen LogP contribution >= 0.6 is 0 Å². The van der Waals surface area contributed by atoms with E-state index >= 15 is 0 Å². The second kappa shape index (κ2) is 3.70. The van der Waals surface area contributed by atoms with Crippen LogP contribution in [0.25, 0.3) is 0 Å². The monoisotopic (exact) mass is 173 g/mol. The lowest BCUT2D eigenvalue weighted by molar-refractivity contribution is 0.163. The summed E-state index contributed by atoms with van der Waals surface area (Å²) in [5.41, 5.74) is 4.92. The van der Waals surface area contributed by atoms with Crippen LogP contribution in [0.4, 0.5) is 4.79 Å². The zero-order valence-electron chi connectivity index (χ0n) is 6.91. The molecule has 1 saturated heterocycles. The van der Waals surface area contributed by atoms with Crippen molar-refractivity contribution < 1.29 is 4.79 Å². The molecule has 0 bridgehead atoms. The second-order valence-electron chi connectivity index (χ2n) is 2.93. The van der Waals surface area contributed by atoms with E-state index in [0.29, 0.717) is 6.42 Å². The van der Waals surface area contributed by atoms with Crippen LogP contribution in [0.5, 0.6) is 0 Å². The number of amides is 2. The highest BCUT2D eigenvalue weighted by molar-refractivity contribution is 5.71. The van der Waals surface area contributed by atoms with E-state index in [9.17, 15) is 10.0 Å². The van der Waals surface area contributed by atoms with Gasteiger partial charge < -0.3 is 21.3 Å². The summed E-state index contributed by atoms with van der Waals surface area (Å²) in [6.07, 6.45) is 0.398. The van der Waals surface area contributed by atoms with E-state index in [0.717, 1.165) is 5.06 Å². The molecule has 1 heterocycles. The molecule has 1 aliphatic rings. The molecule has 0 saturated carbocycles. The Morgan fingerprint density at radius 3 is 3.00 bits per heavy atom. The van der Waals surface area contributed by atoms with E-state index in [1.54, 1.807) is 0 Å². The number of hydroxylamine groups is 2. The Morgan fingerprint density at radius 2 is 2.50 bits per heavy atom. The average Bonchev–Trinajstić information content (AvgIpc) is 1.96. The molecule has 4 N–H and O–H groups in total. The predicted octanol–water partition coefficient (Wildman–Crippen LogP) is -0.880. The Labute approximate surface area is 70.7 Å². The molecule has 0 aromatic heterocycles. The maximum atomic E-state index is 10.9. The van der Waals surface area contributed by atoms with Crippen LogP contribution in [-0.4, -0.2) is 30.0 Å². The molecule has 1 aliphatic heterocycles. The molecule has 2 amide bonds. The van der Waals surface area contributed by atoms with Gasteiger partial charge in [-0.15, -0.1) is 0 Å². The number of hydrogen-bond acceptors (Lipinski definition) is 4. The zero-order chi connectivity index (χ0) is 9.14. The lowest BCUT2D eigenvalue weighted by Gasteiger charge is -2.42. The Kier molecular flexibility index (Phi) is 2.85. The van der Waals surface area contributed by atoms with Crippen molar-refractivity contribution >= 4 is 6.03 Å². The minimum absolute atomic E-state index is 0.0805. The van der Waals surface area contributed by atoms with Gasteiger partial charge in [-0.05, 0) is 12.5 Å². The van der Waals surface area contributed by atoms with Crippen molar-refractivity contribution in [2.75, 3.05) is 6.67 Å². The van der Waals surface area contributed by atoms with E-state index in [-0.39, 0.29) is 18.9 Å². The number of carbonyl (C=O) groups excluding carboxylic acids is 1. The Bertz CT molecular complexity index is 175. The summed E-state index contributed by atoms with van der Waals surface area (Å²) in [5, 5.41) is 17.2. The van der Waals surface area contributed by atoms with Gasteiger partial charge >= 0.3 is 6.03 Å². The molecule has 2 unspecified atom stereocenters. The number of nitrogens with one attached hydrogen (secondary N) is 2. The molecule has 0 spiro atoms. The number of rotatable bonds is 1. The first-order chi connectivity index (χ1) is 5.59. The van der Waals surface area contributed by atoms with Crippen LogP contribution in [0.3, 0.4) is 0 Å². The highest BCUT2D eigenvalue weighted by atomic mass is 16.5. The van der Waals surface area contributed by atoms with Gasteiger partial charge in [-0.1, -0.05) is 6.92 Å². The Balaban J connectivity index is 2.35. The molecule has 70 valence electrons. The van der Waals surface area contributed by atoms with Crippen LogP contribution in [0, 0.1) is 5.21 Å². The van der Waals surface area contributed by atoms with Gasteiger partial charge in [0.05, 0.1) is 6.17 Å². The summed E-state index contributed by atoms with van der Waals surface area (Å²) in [6, 6.07) is -0.651. The predicted molar refractivity (Wildman–Crippen MR) is 43.8 cm³/mol. The van der Waals surface area contributed by atoms with Gasteiger partial charge in [-0.3, -0.25) is 5.32 Å². The van der Waals surface area contributed by atoms with E-state index in [2.05, 4.69) is 10.6 Å². The molecule has 1 rings (SSSR count). The highest BCUT2D eigenvalue weighted by Gasteiger charge is 2.19. The molecule has 6 heteroatoms. The number of nitrogens with zero attached hydrogens (tertiary/aromatic N) is 1. The van der Waals surface area contributed by atoms with Crippen LogP contribution in [-0.2, 0) is 0 Å². The third kappa shape index (κ3) is 2.33. The first-order valence-electron chi connectivity index (χ1n) is 3.82. The van der Waals surface area contributed by atoms with Gasteiger partial charge in [-0.2, -0.15) is 0 Å². The Hall–Kier alpha value is -0.850. The third-order valence-corrected chi connectivity index (χ3v) is 1.88. The molecular formula is C6H13N4O2-. The maximum absolute atomic E-state index is 10.9. The number of hydrogen-bond donors (Lipinski definition) is 3. The number of urea groups is 1. The molecule has 0 aliphatic carbocycles. The second-order valence-corrected chi connectivity index (χ2v) is 2.93. The van der Waals surface area contributed by atoms with Crippen molar-refractivity contribution in [3.63, 3.8) is 0 Å². The molecule has 0 aromatic carbocycles. The quantitative estimate of drug-likeness (QED) is 0.480. The topological polar surface area (TPSA) is 93.4 Å². The summed E-state index contributed by atoms with van der Waals surface area (Å²) in [5.74, 6) is 0. The van der Waals surface area contributed by atoms with Gasteiger partial charge in [0.2, 0.25) is 0 Å². The standard InChI is InChI=1S/C6H13N4O2/c1-4-2-5(9-6(7)11)8-3-10(4)12/h4-5,8H,2-3H2,1H3,(H3,7,9,11)/q-1. The van der Waals surface area contributed by atoms with Crippen LogP contribution in [0.1, 0.15) is 13.3 Å². The van der Waals surface area contributed by atoms with Crippen LogP contribution in [0.2, 0.25) is 0 Å². The smallest absolute Gasteiger partial charge is 0.313 e. The average molecular weight is 173 g/mol. The summed E-state index contributed by atoms with van der Waals surface area (Å²) < 4.78 is 0. The molecule has 12 heavy (non-hydrogen) atoms. The number of carbonyl (C=O) groups is 1. The van der Waals surface area contributed by atoms with Crippen molar-refractivity contribution in [3.05, 3.63) is 5.21 Å². The number of primary amides is 1. The van der Waals surface area contributed by atoms with Crippen molar-refractivity contribution in [2.24, 2.45) is 5.73 Å². The summed E-state index contributed by atoms with van der Waals surface area (Å²) >= 11 is 0. The fourth-order valence-electron chi connectivity index (χ4n) is 1.18. The molecule has 0 aromatic rings. The molecule has 6 nitrogen and oxygen atoms in total. The minimum atomic E-state index is -0.570. The normalized spacial score (nSPS) is 31.5. The van der Waals surface area contributed by atoms with Crippen molar-refractivity contribution in [2.45, 2.75) is 25.6 Å². The fraction of sp³-hybridized carbons (Fsp3) is 0.833. The van der Waals surface area contributed by atoms with E-state index in [1.807, 2.05) is 6.92 Å². The summed E-state index contributed by atoms with van der Waals surface area (Å²) in [6.45, 7) is 2.04. The van der Waals surface area contributed by atoms with E-state index in [4.69, 9.17) is 5.73 Å². The first-order valence-corrected chi connectivity index (χ1v) is 3.82.